The standard InChI is InChI=1S/C9H14BrN3O3/c1-11-4-3-6-9(10)13(15)7(12-6)5-8(14)16-2/h11,15H,3-5H2,1-2H3. The van der Waals surface area contributed by atoms with Gasteiger partial charge in [0.15, 0.2) is 5.82 Å². The summed E-state index contributed by atoms with van der Waals surface area (Å²) in [6, 6.07) is 0. The molecule has 0 fully saturated rings. The summed E-state index contributed by atoms with van der Waals surface area (Å²) in [4.78, 5) is 15.2. The van der Waals surface area contributed by atoms with Crippen LogP contribution < -0.4 is 5.32 Å². The molecular weight excluding hydrogens is 278 g/mol. The van der Waals surface area contributed by atoms with Crippen LogP contribution in [0.2, 0.25) is 0 Å². The van der Waals surface area contributed by atoms with Crippen molar-refractivity contribution >= 4 is 21.9 Å². The molecule has 0 aromatic carbocycles. The monoisotopic (exact) mass is 291 g/mol. The van der Waals surface area contributed by atoms with Gasteiger partial charge in [-0.1, -0.05) is 0 Å². The summed E-state index contributed by atoms with van der Waals surface area (Å²) in [5.74, 6) is -0.169. The van der Waals surface area contributed by atoms with E-state index in [1.807, 2.05) is 7.05 Å². The van der Waals surface area contributed by atoms with Crippen LogP contribution >= 0.6 is 15.9 Å². The minimum Gasteiger partial charge on any atom is -0.469 e. The van der Waals surface area contributed by atoms with Crippen LogP contribution in [-0.2, 0) is 22.4 Å². The lowest BCUT2D eigenvalue weighted by atomic mass is 10.3. The molecule has 0 unspecified atom stereocenters. The summed E-state index contributed by atoms with van der Waals surface area (Å²) in [5.41, 5.74) is 0.704. The lowest BCUT2D eigenvalue weighted by Crippen LogP contribution is -2.11. The van der Waals surface area contributed by atoms with E-state index in [1.165, 1.54) is 7.11 Å². The van der Waals surface area contributed by atoms with Crippen LogP contribution in [0.3, 0.4) is 0 Å². The second-order valence-electron chi connectivity index (χ2n) is 3.18. The molecule has 2 N–H and O–H groups in total. The molecule has 0 bridgehead atoms. The largest absolute Gasteiger partial charge is 0.469 e. The normalized spacial score (nSPS) is 10.4. The van der Waals surface area contributed by atoms with Crippen LogP contribution in [0.25, 0.3) is 0 Å². The first-order valence-electron chi connectivity index (χ1n) is 4.76. The fourth-order valence-electron chi connectivity index (χ4n) is 1.20. The number of hydrogen-bond donors (Lipinski definition) is 2. The number of likely N-dealkylation sites (N-methyl/N-ethyl adjacent to an activating group) is 1. The first-order chi connectivity index (χ1) is 7.60. The molecule has 0 aliphatic heterocycles. The van der Waals surface area contributed by atoms with Crippen molar-refractivity contribution in [2.75, 3.05) is 20.7 Å². The molecule has 0 saturated heterocycles. The minimum atomic E-state index is -0.437. The van der Waals surface area contributed by atoms with E-state index in [1.54, 1.807) is 0 Å². The smallest absolute Gasteiger partial charge is 0.313 e. The third-order valence-corrected chi connectivity index (χ3v) is 2.87. The quantitative estimate of drug-likeness (QED) is 0.605. The maximum absolute atomic E-state index is 11.1. The van der Waals surface area contributed by atoms with Gasteiger partial charge >= 0.3 is 5.97 Å². The topological polar surface area (TPSA) is 76.4 Å². The highest BCUT2D eigenvalue weighted by molar-refractivity contribution is 9.10. The first-order valence-corrected chi connectivity index (χ1v) is 5.56. The second-order valence-corrected chi connectivity index (χ2v) is 3.93. The molecule has 1 heterocycles. The highest BCUT2D eigenvalue weighted by atomic mass is 79.9. The predicted molar refractivity (Wildman–Crippen MR) is 60.5 cm³/mol. The molecule has 16 heavy (non-hydrogen) atoms. The number of hydrogen-bond acceptors (Lipinski definition) is 5. The van der Waals surface area contributed by atoms with Crippen LogP contribution in [-0.4, -0.2) is 41.6 Å². The lowest BCUT2D eigenvalue weighted by Gasteiger charge is -1.99. The third-order valence-electron chi connectivity index (χ3n) is 2.07. The molecular formula is C9H14BrN3O3. The van der Waals surface area contributed by atoms with Gasteiger partial charge in [-0.25, -0.2) is 4.98 Å². The van der Waals surface area contributed by atoms with E-state index >= 15 is 0 Å². The van der Waals surface area contributed by atoms with Crippen LogP contribution in [0.15, 0.2) is 4.60 Å². The van der Waals surface area contributed by atoms with E-state index < -0.39 is 5.97 Å². The van der Waals surface area contributed by atoms with Crippen LogP contribution in [0.4, 0.5) is 0 Å². The first kappa shape index (κ1) is 13.0. The summed E-state index contributed by atoms with van der Waals surface area (Å²) in [6.07, 6.45) is 0.615. The van der Waals surface area contributed by atoms with Gasteiger partial charge in [-0.05, 0) is 23.0 Å². The number of aromatic nitrogens is 2. The zero-order valence-electron chi connectivity index (χ0n) is 9.16. The van der Waals surface area contributed by atoms with Crippen molar-refractivity contribution in [3.63, 3.8) is 0 Å². The van der Waals surface area contributed by atoms with E-state index in [0.29, 0.717) is 16.7 Å². The number of carbonyl (C=O) groups excluding carboxylic acids is 1. The van der Waals surface area contributed by atoms with Gasteiger partial charge in [0.25, 0.3) is 0 Å². The molecule has 1 aromatic heterocycles. The van der Waals surface area contributed by atoms with Crippen molar-refractivity contribution in [1.29, 1.82) is 0 Å². The summed E-state index contributed by atoms with van der Waals surface area (Å²) in [5, 5.41) is 12.6. The Bertz CT molecular complexity index is 378. The van der Waals surface area contributed by atoms with Gasteiger partial charge in [0.2, 0.25) is 0 Å². The number of ether oxygens (including phenoxy) is 1. The van der Waals surface area contributed by atoms with Crippen molar-refractivity contribution in [1.82, 2.24) is 15.0 Å². The van der Waals surface area contributed by atoms with Crippen LogP contribution in [0.5, 0.6) is 0 Å². The molecule has 0 amide bonds. The van der Waals surface area contributed by atoms with E-state index in [-0.39, 0.29) is 12.2 Å². The fourth-order valence-corrected chi connectivity index (χ4v) is 1.69. The lowest BCUT2D eigenvalue weighted by molar-refractivity contribution is -0.140. The van der Waals surface area contributed by atoms with Crippen LogP contribution in [0.1, 0.15) is 11.5 Å². The molecule has 0 saturated carbocycles. The van der Waals surface area contributed by atoms with Gasteiger partial charge in [0.1, 0.15) is 11.0 Å². The molecule has 0 aliphatic carbocycles. The van der Waals surface area contributed by atoms with Gasteiger partial charge in [-0.3, -0.25) is 4.79 Å². The average molecular weight is 292 g/mol. The fraction of sp³-hybridized carbons (Fsp3) is 0.556. The molecule has 7 heteroatoms. The Morgan fingerprint density at radius 2 is 2.38 bits per heavy atom. The second kappa shape index (κ2) is 5.86. The Kier molecular flexibility index (Phi) is 4.75. The molecule has 0 spiro atoms. The number of halogens is 1. The zero-order chi connectivity index (χ0) is 12.1. The number of methoxy groups -OCH3 is 1. The van der Waals surface area contributed by atoms with Gasteiger partial charge in [0.05, 0.1) is 12.8 Å². The van der Waals surface area contributed by atoms with Crippen molar-refractivity contribution in [2.24, 2.45) is 0 Å². The van der Waals surface area contributed by atoms with Crippen molar-refractivity contribution < 1.29 is 14.7 Å². The van der Waals surface area contributed by atoms with Crippen molar-refractivity contribution in [2.45, 2.75) is 12.8 Å². The third kappa shape index (κ3) is 2.96. The number of imidazole rings is 1. The molecule has 0 aliphatic rings. The van der Waals surface area contributed by atoms with Crippen molar-refractivity contribution in [3.05, 3.63) is 16.1 Å². The Morgan fingerprint density at radius 1 is 1.69 bits per heavy atom. The zero-order valence-corrected chi connectivity index (χ0v) is 10.7. The van der Waals surface area contributed by atoms with Crippen LogP contribution in [0, 0.1) is 0 Å². The van der Waals surface area contributed by atoms with E-state index in [0.717, 1.165) is 11.3 Å². The predicted octanol–water partition coefficient (Wildman–Crippen LogP) is 0.360. The molecule has 1 rings (SSSR count). The minimum absolute atomic E-state index is 0.0504. The van der Waals surface area contributed by atoms with E-state index in [4.69, 9.17) is 0 Å². The highest BCUT2D eigenvalue weighted by Crippen LogP contribution is 2.18. The number of nitrogens with zero attached hydrogens (tertiary/aromatic N) is 2. The SMILES string of the molecule is CNCCc1nc(CC(=O)OC)n(O)c1Br. The number of esters is 1. The van der Waals surface area contributed by atoms with Gasteiger partial charge in [-0.15, -0.1) is 0 Å². The average Bonchev–Trinajstić information content (AvgIpc) is 2.54. The molecule has 90 valence electrons. The summed E-state index contributed by atoms with van der Waals surface area (Å²) in [6.45, 7) is 0.743. The molecule has 1 aromatic rings. The van der Waals surface area contributed by atoms with E-state index in [2.05, 4.69) is 31.0 Å². The number of carbonyl (C=O) groups is 1. The van der Waals surface area contributed by atoms with Gasteiger partial charge in [-0.2, -0.15) is 4.73 Å². The van der Waals surface area contributed by atoms with E-state index in [9.17, 15) is 10.0 Å². The maximum atomic E-state index is 11.1. The van der Waals surface area contributed by atoms with Gasteiger partial charge < -0.3 is 15.3 Å². The Morgan fingerprint density at radius 3 is 2.94 bits per heavy atom. The molecule has 0 atom stereocenters. The number of nitrogens with one attached hydrogen (secondary N) is 1. The summed E-state index contributed by atoms with van der Waals surface area (Å²) < 4.78 is 5.85. The Balaban J connectivity index is 2.82. The molecule has 6 nitrogen and oxygen atoms in total. The summed E-state index contributed by atoms with van der Waals surface area (Å²) >= 11 is 3.21. The highest BCUT2D eigenvalue weighted by Gasteiger charge is 2.16. The number of rotatable bonds is 5. The summed E-state index contributed by atoms with van der Waals surface area (Å²) in [7, 11) is 3.13. The molecule has 0 radical (unpaired) electrons. The Labute approximate surface area is 102 Å². The maximum Gasteiger partial charge on any atom is 0.313 e. The van der Waals surface area contributed by atoms with Crippen molar-refractivity contribution in [3.8, 4) is 0 Å². The Hall–Kier alpha value is -1.08. The van der Waals surface area contributed by atoms with Gasteiger partial charge in [0, 0.05) is 13.0 Å².